The Labute approximate surface area is 206 Å². The van der Waals surface area contributed by atoms with E-state index in [-0.39, 0.29) is 43.8 Å². The number of aromatic amines is 1. The minimum atomic E-state index is -0.632. The van der Waals surface area contributed by atoms with Crippen LogP contribution < -0.4 is 10.6 Å². The third-order valence-corrected chi connectivity index (χ3v) is 5.66. The van der Waals surface area contributed by atoms with Crippen molar-refractivity contribution >= 4 is 28.7 Å². The molecule has 4 N–H and O–H groups in total. The molecule has 3 atom stereocenters. The molecule has 0 spiro atoms. The van der Waals surface area contributed by atoms with E-state index in [1.807, 2.05) is 30.5 Å². The Morgan fingerprint density at radius 3 is 2.66 bits per heavy atom. The first-order valence-electron chi connectivity index (χ1n) is 12.0. The van der Waals surface area contributed by atoms with Crippen LogP contribution >= 0.6 is 0 Å². The second-order valence-electron chi connectivity index (χ2n) is 8.71. The fourth-order valence-electron chi connectivity index (χ4n) is 3.78. The number of aromatic nitrogens is 1. The van der Waals surface area contributed by atoms with Gasteiger partial charge < -0.3 is 25.5 Å². The summed E-state index contributed by atoms with van der Waals surface area (Å²) in [4.78, 5) is 40.8. The van der Waals surface area contributed by atoms with Crippen LogP contribution in [0.5, 0.6) is 0 Å². The van der Waals surface area contributed by atoms with Crippen LogP contribution in [-0.4, -0.2) is 53.2 Å². The molecule has 0 fully saturated rings. The van der Waals surface area contributed by atoms with Gasteiger partial charge in [-0.25, -0.2) is 0 Å². The molecule has 0 radical (unpaired) electrons. The zero-order valence-corrected chi connectivity index (χ0v) is 20.4. The van der Waals surface area contributed by atoms with E-state index in [1.165, 1.54) is 0 Å². The monoisotopic (exact) mass is 483 g/mol. The predicted octanol–water partition coefficient (Wildman–Crippen LogP) is 3.17. The first-order chi connectivity index (χ1) is 16.9. The number of aliphatic hydroxyl groups excluding tert-OH is 1. The van der Waals surface area contributed by atoms with Crippen LogP contribution in [0.15, 0.2) is 55.8 Å². The van der Waals surface area contributed by atoms with Gasteiger partial charge in [-0.05, 0) is 44.2 Å². The van der Waals surface area contributed by atoms with Crippen molar-refractivity contribution in [3.8, 4) is 0 Å². The Morgan fingerprint density at radius 1 is 1.17 bits per heavy atom. The number of aliphatic hydroxyl groups is 1. The maximum Gasteiger partial charge on any atom is 0.305 e. The van der Waals surface area contributed by atoms with Crippen LogP contribution in [0.3, 0.4) is 0 Å². The summed E-state index contributed by atoms with van der Waals surface area (Å²) in [7, 11) is 0. The van der Waals surface area contributed by atoms with Gasteiger partial charge in [-0.2, -0.15) is 0 Å². The first-order valence-corrected chi connectivity index (χ1v) is 12.0. The molecular formula is C27H37N3O5. The SMILES string of the molecule is C=CCCCC(=O)OC[C@H](Cc1c[nH]c2ccccc12)NC(=O)[C@H](CC=C)CC(=O)N[C@@H](C)CO. The maximum absolute atomic E-state index is 13.1. The van der Waals surface area contributed by atoms with Gasteiger partial charge in [0.25, 0.3) is 0 Å². The van der Waals surface area contributed by atoms with E-state index in [0.29, 0.717) is 19.3 Å². The van der Waals surface area contributed by atoms with Crippen LogP contribution in [0.2, 0.25) is 0 Å². The van der Waals surface area contributed by atoms with Crippen molar-refractivity contribution in [2.45, 2.75) is 57.5 Å². The van der Waals surface area contributed by atoms with Crippen LogP contribution in [0, 0.1) is 5.92 Å². The Bertz CT molecular complexity index is 1000. The highest BCUT2D eigenvalue weighted by atomic mass is 16.5. The fourth-order valence-corrected chi connectivity index (χ4v) is 3.78. The Kier molecular flexibility index (Phi) is 11.8. The molecule has 0 bridgehead atoms. The summed E-state index contributed by atoms with van der Waals surface area (Å²) in [5.41, 5.74) is 1.97. The topological polar surface area (TPSA) is 121 Å². The highest BCUT2D eigenvalue weighted by Gasteiger charge is 2.25. The molecule has 1 aromatic carbocycles. The number of carbonyl (C=O) groups excluding carboxylic acids is 3. The zero-order chi connectivity index (χ0) is 25.6. The molecular weight excluding hydrogens is 446 g/mol. The van der Waals surface area contributed by atoms with Gasteiger partial charge >= 0.3 is 5.97 Å². The van der Waals surface area contributed by atoms with Crippen LogP contribution in [0.4, 0.5) is 0 Å². The van der Waals surface area contributed by atoms with Crippen molar-refractivity contribution in [1.82, 2.24) is 15.6 Å². The molecule has 35 heavy (non-hydrogen) atoms. The number of H-pyrrole nitrogens is 1. The van der Waals surface area contributed by atoms with Gasteiger partial charge in [0.15, 0.2) is 0 Å². The van der Waals surface area contributed by atoms with E-state index in [4.69, 9.17) is 9.84 Å². The lowest BCUT2D eigenvalue weighted by molar-refractivity contribution is -0.145. The fraction of sp³-hybridized carbons (Fsp3) is 0.444. The molecule has 0 aliphatic heterocycles. The molecule has 1 aromatic heterocycles. The standard InChI is InChI=1S/C27H37N3O5/c1-4-6-7-13-26(33)35-18-22(14-21-16-28-24-12-9-8-11-23(21)24)30-27(34)20(10-5-2)15-25(32)29-19(3)17-31/h4-5,8-9,11-12,16,19-20,22,28,31H,1-2,6-7,10,13-15,17-18H2,3H3,(H,29,32)(H,30,34)/t19-,20+,22-/m0/s1. The van der Waals surface area contributed by atoms with E-state index >= 15 is 0 Å². The summed E-state index contributed by atoms with van der Waals surface area (Å²) in [5.74, 6) is -1.60. The van der Waals surface area contributed by atoms with Crippen LogP contribution in [-0.2, 0) is 25.5 Å². The number of ether oxygens (including phenoxy) is 1. The molecule has 2 aromatic rings. The molecule has 0 unspecified atom stereocenters. The molecule has 2 amide bonds. The highest BCUT2D eigenvalue weighted by molar-refractivity contribution is 5.86. The molecule has 0 saturated heterocycles. The third-order valence-electron chi connectivity index (χ3n) is 5.66. The number of hydrogen-bond donors (Lipinski definition) is 4. The Balaban J connectivity index is 2.11. The van der Waals surface area contributed by atoms with Crippen LogP contribution in [0.1, 0.15) is 44.6 Å². The minimum absolute atomic E-state index is 0.0206. The Hall–Kier alpha value is -3.39. The number of esters is 1. The van der Waals surface area contributed by atoms with Crippen molar-refractivity contribution in [1.29, 1.82) is 0 Å². The molecule has 8 heteroatoms. The number of unbranched alkanes of at least 4 members (excludes halogenated alkanes) is 1. The number of allylic oxidation sites excluding steroid dienone is 2. The van der Waals surface area contributed by atoms with Crippen molar-refractivity contribution < 1.29 is 24.2 Å². The van der Waals surface area contributed by atoms with Gasteiger partial charge in [0.05, 0.1) is 18.6 Å². The lowest BCUT2D eigenvalue weighted by Crippen LogP contribution is -2.45. The number of rotatable bonds is 16. The minimum Gasteiger partial charge on any atom is -0.463 e. The lowest BCUT2D eigenvalue weighted by atomic mass is 9.98. The van der Waals surface area contributed by atoms with E-state index in [9.17, 15) is 14.4 Å². The molecule has 1 heterocycles. The van der Waals surface area contributed by atoms with E-state index < -0.39 is 18.0 Å². The first kappa shape index (κ1) is 27.9. The summed E-state index contributed by atoms with van der Waals surface area (Å²) < 4.78 is 5.48. The van der Waals surface area contributed by atoms with Crippen molar-refractivity contribution in [3.05, 3.63) is 61.3 Å². The van der Waals surface area contributed by atoms with Gasteiger partial charge in [-0.3, -0.25) is 14.4 Å². The number of para-hydroxylation sites is 1. The molecule has 0 aliphatic carbocycles. The zero-order valence-electron chi connectivity index (χ0n) is 20.4. The predicted molar refractivity (Wildman–Crippen MR) is 137 cm³/mol. The van der Waals surface area contributed by atoms with Crippen molar-refractivity contribution in [3.63, 3.8) is 0 Å². The number of amides is 2. The number of carbonyl (C=O) groups is 3. The summed E-state index contributed by atoms with van der Waals surface area (Å²) >= 11 is 0. The molecule has 8 nitrogen and oxygen atoms in total. The summed E-state index contributed by atoms with van der Waals surface area (Å²) in [6.45, 7) is 8.87. The average molecular weight is 484 g/mol. The molecule has 0 aliphatic rings. The molecule has 190 valence electrons. The van der Waals surface area contributed by atoms with Crippen LogP contribution in [0.25, 0.3) is 10.9 Å². The van der Waals surface area contributed by atoms with E-state index in [0.717, 1.165) is 22.9 Å². The average Bonchev–Trinajstić information content (AvgIpc) is 3.25. The highest BCUT2D eigenvalue weighted by Crippen LogP contribution is 2.20. The summed E-state index contributed by atoms with van der Waals surface area (Å²) in [6.07, 6.45) is 7.63. The van der Waals surface area contributed by atoms with Crippen molar-refractivity contribution in [2.75, 3.05) is 13.2 Å². The van der Waals surface area contributed by atoms with E-state index in [1.54, 1.807) is 19.1 Å². The third kappa shape index (κ3) is 9.41. The largest absolute Gasteiger partial charge is 0.463 e. The lowest BCUT2D eigenvalue weighted by Gasteiger charge is -2.22. The number of fused-ring (bicyclic) bond motifs is 1. The second kappa shape index (κ2) is 14.8. The molecule has 0 saturated carbocycles. The number of nitrogens with one attached hydrogen (secondary N) is 3. The normalized spacial score (nSPS) is 13.4. The quantitative estimate of drug-likeness (QED) is 0.166. The van der Waals surface area contributed by atoms with Crippen molar-refractivity contribution in [2.24, 2.45) is 5.92 Å². The van der Waals surface area contributed by atoms with Gasteiger partial charge in [0.1, 0.15) is 6.61 Å². The second-order valence-corrected chi connectivity index (χ2v) is 8.71. The number of hydrogen-bond acceptors (Lipinski definition) is 5. The summed E-state index contributed by atoms with van der Waals surface area (Å²) in [5, 5.41) is 15.8. The summed E-state index contributed by atoms with van der Waals surface area (Å²) in [6, 6.07) is 6.98. The maximum atomic E-state index is 13.1. The van der Waals surface area contributed by atoms with E-state index in [2.05, 4.69) is 28.8 Å². The van der Waals surface area contributed by atoms with Gasteiger partial charge in [-0.1, -0.05) is 30.4 Å². The van der Waals surface area contributed by atoms with Gasteiger partial charge in [-0.15, -0.1) is 13.2 Å². The van der Waals surface area contributed by atoms with Gasteiger partial charge in [0, 0.05) is 36.0 Å². The smallest absolute Gasteiger partial charge is 0.305 e. The van der Waals surface area contributed by atoms with Gasteiger partial charge in [0.2, 0.25) is 11.8 Å². The Morgan fingerprint density at radius 2 is 1.94 bits per heavy atom. The number of benzene rings is 1. The molecule has 2 rings (SSSR count).